The molecule has 124 valence electrons. The minimum absolute atomic E-state index is 0.211. The molecule has 1 aromatic rings. The molecule has 6 nitrogen and oxygen atoms in total. The van der Waals surface area contributed by atoms with Crippen LogP contribution in [-0.2, 0) is 11.3 Å². The molecule has 1 fully saturated rings. The molecule has 0 bridgehead atoms. The second-order valence-electron chi connectivity index (χ2n) is 7.28. The third-order valence-corrected chi connectivity index (χ3v) is 3.73. The Morgan fingerprint density at radius 2 is 2.09 bits per heavy atom. The number of rotatable bonds is 5. The van der Waals surface area contributed by atoms with Crippen molar-refractivity contribution >= 4 is 6.09 Å². The lowest BCUT2D eigenvalue weighted by Gasteiger charge is -2.36. The van der Waals surface area contributed by atoms with Crippen LogP contribution in [0.15, 0.2) is 12.5 Å². The molecule has 0 radical (unpaired) electrons. The Labute approximate surface area is 132 Å². The molecule has 1 aliphatic rings. The number of carbonyl (C=O) groups excluding carboxylic acids is 1. The van der Waals surface area contributed by atoms with Crippen LogP contribution in [0.2, 0.25) is 0 Å². The molecule has 1 heterocycles. The maximum Gasteiger partial charge on any atom is 0.407 e. The van der Waals surface area contributed by atoms with E-state index in [1.165, 1.54) is 5.69 Å². The lowest BCUT2D eigenvalue weighted by molar-refractivity contribution is 0.0465. The normalized spacial score (nSPS) is 21.5. The fourth-order valence-corrected chi connectivity index (χ4v) is 2.56. The Bertz CT molecular complexity index is 498. The van der Waals surface area contributed by atoms with Crippen LogP contribution in [0.3, 0.4) is 0 Å². The zero-order valence-corrected chi connectivity index (χ0v) is 14.2. The number of alkyl carbamates (subject to hydrolysis) is 1. The summed E-state index contributed by atoms with van der Waals surface area (Å²) in [4.78, 5) is 15.9. The molecule has 0 atom stereocenters. The molecule has 6 heteroatoms. The Kier molecular flexibility index (Phi) is 5.11. The molecule has 2 rings (SSSR count). The highest BCUT2D eigenvalue weighted by Gasteiger charge is 2.31. The highest BCUT2D eigenvalue weighted by atomic mass is 16.6. The first-order valence-electron chi connectivity index (χ1n) is 7.98. The molecule has 22 heavy (non-hydrogen) atoms. The van der Waals surface area contributed by atoms with Crippen molar-refractivity contribution in [1.82, 2.24) is 20.2 Å². The molecule has 0 aromatic carbocycles. The van der Waals surface area contributed by atoms with Gasteiger partial charge in [0, 0.05) is 30.9 Å². The van der Waals surface area contributed by atoms with Gasteiger partial charge in [0.2, 0.25) is 0 Å². The lowest BCUT2D eigenvalue weighted by Crippen LogP contribution is -2.53. The van der Waals surface area contributed by atoms with Crippen LogP contribution in [-0.4, -0.2) is 33.3 Å². The van der Waals surface area contributed by atoms with E-state index in [1.54, 1.807) is 0 Å². The SMILES string of the molecule is CC(C)n1cncc1CNC1CC(NC(=O)OC(C)(C)C)C1. The Morgan fingerprint density at radius 3 is 2.68 bits per heavy atom. The van der Waals surface area contributed by atoms with E-state index < -0.39 is 5.60 Å². The zero-order chi connectivity index (χ0) is 16.3. The summed E-state index contributed by atoms with van der Waals surface area (Å²) in [6.45, 7) is 10.7. The second-order valence-corrected chi connectivity index (χ2v) is 7.28. The Hall–Kier alpha value is -1.56. The highest BCUT2D eigenvalue weighted by molar-refractivity contribution is 5.68. The third-order valence-electron chi connectivity index (χ3n) is 3.73. The first-order chi connectivity index (χ1) is 10.2. The summed E-state index contributed by atoms with van der Waals surface area (Å²) in [7, 11) is 0. The van der Waals surface area contributed by atoms with E-state index in [2.05, 4.69) is 34.0 Å². The van der Waals surface area contributed by atoms with Crippen molar-refractivity contribution < 1.29 is 9.53 Å². The third kappa shape index (κ3) is 4.73. The van der Waals surface area contributed by atoms with Gasteiger partial charge in [-0.1, -0.05) is 0 Å². The van der Waals surface area contributed by atoms with Crippen molar-refractivity contribution in [2.24, 2.45) is 0 Å². The average molecular weight is 308 g/mol. The van der Waals surface area contributed by atoms with Crippen molar-refractivity contribution in [1.29, 1.82) is 0 Å². The van der Waals surface area contributed by atoms with Crippen LogP contribution in [0, 0.1) is 0 Å². The van der Waals surface area contributed by atoms with Crippen LogP contribution in [0.1, 0.15) is 59.2 Å². The fraction of sp³-hybridized carbons (Fsp3) is 0.750. The van der Waals surface area contributed by atoms with Gasteiger partial charge in [0.05, 0.1) is 12.0 Å². The number of aromatic nitrogens is 2. The van der Waals surface area contributed by atoms with Crippen LogP contribution in [0.4, 0.5) is 4.79 Å². The van der Waals surface area contributed by atoms with Gasteiger partial charge in [0.1, 0.15) is 5.60 Å². The number of nitrogens with zero attached hydrogens (tertiary/aromatic N) is 2. The maximum atomic E-state index is 11.7. The Balaban J connectivity index is 1.67. The summed E-state index contributed by atoms with van der Waals surface area (Å²) >= 11 is 0. The number of amides is 1. The van der Waals surface area contributed by atoms with Gasteiger partial charge in [-0.3, -0.25) is 0 Å². The number of ether oxygens (including phenoxy) is 1. The molecular formula is C16H28N4O2. The molecule has 1 aliphatic carbocycles. The summed E-state index contributed by atoms with van der Waals surface area (Å²) in [5.74, 6) is 0. The van der Waals surface area contributed by atoms with Gasteiger partial charge in [0.15, 0.2) is 0 Å². The van der Waals surface area contributed by atoms with Gasteiger partial charge in [-0.15, -0.1) is 0 Å². The van der Waals surface area contributed by atoms with E-state index in [0.717, 1.165) is 19.4 Å². The average Bonchev–Trinajstić information content (AvgIpc) is 2.77. The molecule has 2 N–H and O–H groups in total. The molecular weight excluding hydrogens is 280 g/mol. The van der Waals surface area contributed by atoms with E-state index in [0.29, 0.717) is 12.1 Å². The highest BCUT2D eigenvalue weighted by Crippen LogP contribution is 2.21. The first kappa shape index (κ1) is 16.8. The summed E-state index contributed by atoms with van der Waals surface area (Å²) in [5, 5.41) is 6.42. The monoisotopic (exact) mass is 308 g/mol. The number of nitrogens with one attached hydrogen (secondary N) is 2. The number of hydrogen-bond donors (Lipinski definition) is 2. The van der Waals surface area contributed by atoms with E-state index >= 15 is 0 Å². The van der Waals surface area contributed by atoms with Crippen molar-refractivity contribution in [3.63, 3.8) is 0 Å². The molecule has 0 unspecified atom stereocenters. The van der Waals surface area contributed by atoms with Crippen LogP contribution in [0.25, 0.3) is 0 Å². The van der Waals surface area contributed by atoms with Gasteiger partial charge in [-0.05, 0) is 47.5 Å². The molecule has 0 saturated heterocycles. The smallest absolute Gasteiger partial charge is 0.407 e. The molecule has 1 saturated carbocycles. The predicted octanol–water partition coefficient (Wildman–Crippen LogP) is 2.61. The summed E-state index contributed by atoms with van der Waals surface area (Å²) in [6, 6.07) is 1.07. The molecule has 1 amide bonds. The number of imidazole rings is 1. The quantitative estimate of drug-likeness (QED) is 0.877. The topological polar surface area (TPSA) is 68.2 Å². The van der Waals surface area contributed by atoms with Gasteiger partial charge >= 0.3 is 6.09 Å². The van der Waals surface area contributed by atoms with E-state index in [9.17, 15) is 4.79 Å². The maximum absolute atomic E-state index is 11.7. The van der Waals surface area contributed by atoms with Crippen molar-refractivity contribution in [2.75, 3.05) is 0 Å². The van der Waals surface area contributed by atoms with Gasteiger partial charge in [0.25, 0.3) is 0 Å². The number of carbonyl (C=O) groups is 1. The molecule has 0 spiro atoms. The minimum Gasteiger partial charge on any atom is -0.444 e. The van der Waals surface area contributed by atoms with Crippen molar-refractivity contribution in [3.05, 3.63) is 18.2 Å². The standard InChI is InChI=1S/C16H28N4O2/c1-11(2)20-10-17-8-14(20)9-18-12-6-13(7-12)19-15(21)22-16(3,4)5/h8,10-13,18H,6-7,9H2,1-5H3,(H,19,21). The fourth-order valence-electron chi connectivity index (χ4n) is 2.56. The lowest BCUT2D eigenvalue weighted by atomic mass is 9.87. The van der Waals surface area contributed by atoms with Crippen molar-refractivity contribution in [2.45, 2.75) is 77.7 Å². The molecule has 1 aromatic heterocycles. The van der Waals surface area contributed by atoms with Crippen molar-refractivity contribution in [3.8, 4) is 0 Å². The summed E-state index contributed by atoms with van der Waals surface area (Å²) in [6.07, 6.45) is 5.33. The van der Waals surface area contributed by atoms with Crippen LogP contribution in [0.5, 0.6) is 0 Å². The summed E-state index contributed by atoms with van der Waals surface area (Å²) < 4.78 is 7.43. The summed E-state index contributed by atoms with van der Waals surface area (Å²) in [5.41, 5.74) is 0.749. The van der Waals surface area contributed by atoms with Gasteiger partial charge < -0.3 is 19.9 Å². The second kappa shape index (κ2) is 6.69. The van der Waals surface area contributed by atoms with Crippen LogP contribution < -0.4 is 10.6 Å². The van der Waals surface area contributed by atoms with Gasteiger partial charge in [-0.25, -0.2) is 9.78 Å². The predicted molar refractivity (Wildman–Crippen MR) is 85.6 cm³/mol. The largest absolute Gasteiger partial charge is 0.444 e. The van der Waals surface area contributed by atoms with E-state index in [4.69, 9.17) is 4.74 Å². The first-order valence-corrected chi connectivity index (χ1v) is 7.98. The Morgan fingerprint density at radius 1 is 1.41 bits per heavy atom. The minimum atomic E-state index is -0.444. The van der Waals surface area contributed by atoms with E-state index in [1.807, 2.05) is 33.3 Å². The van der Waals surface area contributed by atoms with E-state index in [-0.39, 0.29) is 12.1 Å². The van der Waals surface area contributed by atoms with Crippen LogP contribution >= 0.6 is 0 Å². The van der Waals surface area contributed by atoms with Gasteiger partial charge in [-0.2, -0.15) is 0 Å². The number of hydrogen-bond acceptors (Lipinski definition) is 4. The zero-order valence-electron chi connectivity index (χ0n) is 14.2. The molecule has 0 aliphatic heterocycles.